The zero-order valence-electron chi connectivity index (χ0n) is 24.6. The van der Waals surface area contributed by atoms with Crippen LogP contribution >= 0.6 is 11.6 Å². The average molecular weight is 605 g/mol. The van der Waals surface area contributed by atoms with Gasteiger partial charge in [0.2, 0.25) is 5.91 Å². The molecule has 0 spiro atoms. The Balaban J connectivity index is 1.67. The summed E-state index contributed by atoms with van der Waals surface area (Å²) in [5, 5.41) is 19.1. The highest BCUT2D eigenvalue weighted by molar-refractivity contribution is 6.32. The largest absolute Gasteiger partial charge is 0.465 e. The Morgan fingerprint density at radius 1 is 1.14 bits per heavy atom. The molecule has 1 aromatic carbocycles. The molecule has 2 aliphatic heterocycles. The second kappa shape index (κ2) is 14.8. The van der Waals surface area contributed by atoms with E-state index in [0.29, 0.717) is 68.7 Å². The number of ether oxygens (including phenoxy) is 2. The molecular weight excluding hydrogens is 564 g/mol. The molecule has 1 aromatic heterocycles. The first kappa shape index (κ1) is 31.7. The quantitative estimate of drug-likeness (QED) is 0.387. The number of unbranched alkanes of at least 4 members (excludes halogenated alkanes) is 1. The number of aromatic nitrogens is 3. The first-order valence-corrected chi connectivity index (χ1v) is 14.9. The van der Waals surface area contributed by atoms with E-state index < -0.39 is 18.1 Å². The van der Waals surface area contributed by atoms with E-state index in [4.69, 9.17) is 21.1 Å². The van der Waals surface area contributed by atoms with Crippen molar-refractivity contribution in [2.24, 2.45) is 11.8 Å². The van der Waals surface area contributed by atoms with Gasteiger partial charge in [-0.25, -0.2) is 9.48 Å². The summed E-state index contributed by atoms with van der Waals surface area (Å²) in [6.07, 6.45) is 1.29. The number of benzene rings is 1. The predicted molar refractivity (Wildman–Crippen MR) is 156 cm³/mol. The van der Waals surface area contributed by atoms with E-state index in [1.165, 1.54) is 4.90 Å². The van der Waals surface area contributed by atoms with E-state index in [0.717, 1.165) is 12.8 Å². The van der Waals surface area contributed by atoms with Crippen LogP contribution in [0, 0.1) is 11.8 Å². The Labute approximate surface area is 251 Å². The number of rotatable bonds is 11. The van der Waals surface area contributed by atoms with Crippen LogP contribution in [0.3, 0.4) is 0 Å². The fraction of sp³-hybridized carbons (Fsp3) is 0.621. The number of halogens is 1. The molecule has 3 heterocycles. The molecule has 4 rings (SSSR count). The third-order valence-electron chi connectivity index (χ3n) is 7.69. The summed E-state index contributed by atoms with van der Waals surface area (Å²) in [5.41, 5.74) is 1.45. The van der Waals surface area contributed by atoms with Gasteiger partial charge in [-0.2, -0.15) is 0 Å². The van der Waals surface area contributed by atoms with E-state index in [9.17, 15) is 19.5 Å². The molecule has 0 saturated carbocycles. The van der Waals surface area contributed by atoms with E-state index >= 15 is 0 Å². The fourth-order valence-electron chi connectivity index (χ4n) is 5.65. The van der Waals surface area contributed by atoms with E-state index in [-0.39, 0.29) is 36.5 Å². The van der Waals surface area contributed by atoms with Crippen molar-refractivity contribution in [3.05, 3.63) is 40.7 Å². The Kier molecular flexibility index (Phi) is 11.2. The fourth-order valence-corrected chi connectivity index (χ4v) is 5.87. The number of piperidine rings is 1. The lowest BCUT2D eigenvalue weighted by atomic mass is 9.91. The summed E-state index contributed by atoms with van der Waals surface area (Å²) in [4.78, 5) is 44.7. The van der Waals surface area contributed by atoms with E-state index in [1.807, 2.05) is 32.0 Å². The maximum Gasteiger partial charge on any atom is 0.407 e. The number of hydrogen-bond acceptors (Lipinski definition) is 7. The van der Waals surface area contributed by atoms with Gasteiger partial charge in [0.25, 0.3) is 5.91 Å². The highest BCUT2D eigenvalue weighted by Gasteiger charge is 2.41. The summed E-state index contributed by atoms with van der Waals surface area (Å²) < 4.78 is 12.2. The van der Waals surface area contributed by atoms with Crippen LogP contribution in [0.5, 0.6) is 0 Å². The molecule has 12 nitrogen and oxygen atoms in total. The zero-order chi connectivity index (χ0) is 30.2. The third kappa shape index (κ3) is 7.59. The SMILES string of the molecule is COCCCCc1c(C(=O)N(CC(C)C)[C@H]2C[C@@H](C(=O)N3CCOCC3)CN(C(=O)O)C2)nnn1-c1ccccc1Cl. The average Bonchev–Trinajstić information content (AvgIpc) is 3.41. The van der Waals surface area contributed by atoms with Crippen LogP contribution in [-0.2, 0) is 20.7 Å². The zero-order valence-corrected chi connectivity index (χ0v) is 25.3. The Bertz CT molecular complexity index is 1230. The van der Waals surface area contributed by atoms with Gasteiger partial charge in [-0.1, -0.05) is 42.8 Å². The van der Waals surface area contributed by atoms with Crippen LogP contribution in [-0.4, -0.2) is 118 Å². The molecule has 0 aliphatic carbocycles. The number of methoxy groups -OCH3 is 1. The van der Waals surface area contributed by atoms with E-state index in [2.05, 4.69) is 10.3 Å². The number of carboxylic acid groups (broad SMARTS) is 1. The van der Waals surface area contributed by atoms with Gasteiger partial charge in [-0.3, -0.25) is 9.59 Å². The lowest BCUT2D eigenvalue weighted by Crippen LogP contribution is -2.58. The van der Waals surface area contributed by atoms with Crippen molar-refractivity contribution in [2.45, 2.75) is 45.6 Å². The summed E-state index contributed by atoms with van der Waals surface area (Å²) in [6, 6.07) is 6.74. The molecule has 3 amide bonds. The van der Waals surface area contributed by atoms with Crippen LogP contribution < -0.4 is 0 Å². The monoisotopic (exact) mass is 604 g/mol. The normalized spacial score (nSPS) is 19.3. The molecule has 2 aromatic rings. The Morgan fingerprint density at radius 2 is 1.88 bits per heavy atom. The Morgan fingerprint density at radius 3 is 2.55 bits per heavy atom. The summed E-state index contributed by atoms with van der Waals surface area (Å²) in [7, 11) is 1.65. The first-order valence-electron chi connectivity index (χ1n) is 14.5. The molecule has 2 aliphatic rings. The van der Waals surface area contributed by atoms with Gasteiger partial charge in [0.1, 0.15) is 0 Å². The van der Waals surface area contributed by atoms with E-state index in [1.54, 1.807) is 27.7 Å². The number of morpholine rings is 1. The molecule has 42 heavy (non-hydrogen) atoms. The molecule has 2 fully saturated rings. The van der Waals surface area contributed by atoms with Crippen molar-refractivity contribution in [2.75, 3.05) is 59.7 Å². The van der Waals surface area contributed by atoms with Gasteiger partial charge in [0, 0.05) is 46.4 Å². The molecule has 0 unspecified atom stereocenters. The molecule has 1 N–H and O–H groups in total. The van der Waals surface area contributed by atoms with Crippen LogP contribution in [0.2, 0.25) is 5.02 Å². The molecule has 0 radical (unpaired) electrons. The lowest BCUT2D eigenvalue weighted by Gasteiger charge is -2.43. The number of likely N-dealkylation sites (tertiary alicyclic amines) is 1. The lowest BCUT2D eigenvalue weighted by molar-refractivity contribution is -0.142. The number of amides is 3. The third-order valence-corrected chi connectivity index (χ3v) is 8.01. The smallest absolute Gasteiger partial charge is 0.407 e. The predicted octanol–water partition coefficient (Wildman–Crippen LogP) is 3.22. The second-order valence-electron chi connectivity index (χ2n) is 11.3. The van der Waals surface area contributed by atoms with Crippen molar-refractivity contribution in [1.82, 2.24) is 29.7 Å². The molecule has 2 atom stereocenters. The number of hydrogen-bond donors (Lipinski definition) is 1. The van der Waals surface area contributed by atoms with Gasteiger partial charge in [-0.05, 0) is 43.7 Å². The number of nitrogens with zero attached hydrogens (tertiary/aromatic N) is 6. The minimum Gasteiger partial charge on any atom is -0.465 e. The van der Waals surface area contributed by atoms with Crippen LogP contribution in [0.1, 0.15) is 49.3 Å². The van der Waals surface area contributed by atoms with Crippen molar-refractivity contribution in [3.63, 3.8) is 0 Å². The number of para-hydroxylation sites is 1. The van der Waals surface area contributed by atoms with Crippen LogP contribution in [0.15, 0.2) is 24.3 Å². The molecule has 230 valence electrons. The first-order chi connectivity index (χ1) is 20.2. The van der Waals surface area contributed by atoms with Gasteiger partial charge in [0.15, 0.2) is 5.69 Å². The van der Waals surface area contributed by atoms with Crippen LogP contribution in [0.4, 0.5) is 4.79 Å². The van der Waals surface area contributed by atoms with Gasteiger partial charge >= 0.3 is 6.09 Å². The summed E-state index contributed by atoms with van der Waals surface area (Å²) in [5.74, 6) is -0.910. The molecular formula is C29H41ClN6O6. The van der Waals surface area contributed by atoms with Crippen molar-refractivity contribution in [3.8, 4) is 5.69 Å². The highest BCUT2D eigenvalue weighted by Crippen LogP contribution is 2.28. The van der Waals surface area contributed by atoms with Gasteiger partial charge in [0.05, 0.1) is 41.6 Å². The van der Waals surface area contributed by atoms with Gasteiger partial charge in [-0.15, -0.1) is 5.10 Å². The molecule has 0 bridgehead atoms. The molecule has 13 heteroatoms. The maximum absolute atomic E-state index is 14.3. The minimum atomic E-state index is -1.11. The number of carbonyl (C=O) groups is 3. The maximum atomic E-state index is 14.3. The highest BCUT2D eigenvalue weighted by atomic mass is 35.5. The van der Waals surface area contributed by atoms with Crippen molar-refractivity contribution in [1.29, 1.82) is 0 Å². The summed E-state index contributed by atoms with van der Waals surface area (Å²) in [6.45, 7) is 7.02. The second-order valence-corrected chi connectivity index (χ2v) is 11.7. The topological polar surface area (TPSA) is 130 Å². The number of carbonyl (C=O) groups excluding carboxylic acids is 2. The van der Waals surface area contributed by atoms with Crippen molar-refractivity contribution >= 4 is 29.5 Å². The van der Waals surface area contributed by atoms with Crippen molar-refractivity contribution < 1.29 is 29.0 Å². The van der Waals surface area contributed by atoms with Gasteiger partial charge < -0.3 is 29.3 Å². The van der Waals surface area contributed by atoms with Crippen LogP contribution in [0.25, 0.3) is 5.69 Å². The summed E-state index contributed by atoms with van der Waals surface area (Å²) >= 11 is 6.50. The molecule has 2 saturated heterocycles. The standard InChI is InChI=1S/C29H41ClN6O6/c1-20(2)17-35(22-16-21(18-34(19-22)29(39)40)27(37)33-11-14-42-15-12-33)28(38)26-25(10-6-7-13-41-3)36(32-31-26)24-9-5-4-8-23(24)30/h4-5,8-9,20-22H,6-7,10-19H2,1-3H3,(H,39,40)/t21-,22+/m1/s1. The Hall–Kier alpha value is -3.22. The minimum absolute atomic E-state index is 0.0892.